The predicted molar refractivity (Wildman–Crippen MR) is 73.7 cm³/mol. The van der Waals surface area contributed by atoms with E-state index in [0.717, 1.165) is 28.1 Å². The van der Waals surface area contributed by atoms with Gasteiger partial charge in [0.2, 0.25) is 0 Å². The Morgan fingerprint density at radius 3 is 2.22 bits per heavy atom. The molecule has 0 fully saturated rings. The van der Waals surface area contributed by atoms with Crippen molar-refractivity contribution in [1.29, 1.82) is 0 Å². The zero-order valence-electron chi connectivity index (χ0n) is 11.4. The lowest BCUT2D eigenvalue weighted by Crippen LogP contribution is -2.06. The van der Waals surface area contributed by atoms with E-state index in [-0.39, 0.29) is 0 Å². The van der Waals surface area contributed by atoms with Crippen molar-refractivity contribution in [1.82, 2.24) is 4.98 Å². The summed E-state index contributed by atoms with van der Waals surface area (Å²) in [6, 6.07) is 10.0. The van der Waals surface area contributed by atoms with Gasteiger partial charge in [-0.1, -0.05) is 29.8 Å². The molecule has 1 aromatic heterocycles. The number of hydrogen-bond donors (Lipinski definition) is 1. The Labute approximate surface area is 108 Å². The van der Waals surface area contributed by atoms with Crippen molar-refractivity contribution in [3.05, 3.63) is 64.0 Å². The van der Waals surface area contributed by atoms with Gasteiger partial charge in [0.05, 0.1) is 0 Å². The molecule has 2 nitrogen and oxygen atoms in total. The third kappa shape index (κ3) is 2.44. The Morgan fingerprint density at radius 2 is 1.61 bits per heavy atom. The number of nitrogens with zero attached hydrogens (tertiary/aromatic N) is 1. The van der Waals surface area contributed by atoms with Crippen molar-refractivity contribution < 1.29 is 5.11 Å². The molecular formula is C16H19NO. The van der Waals surface area contributed by atoms with Crippen molar-refractivity contribution in [3.63, 3.8) is 0 Å². The number of hydrogen-bond acceptors (Lipinski definition) is 2. The van der Waals surface area contributed by atoms with E-state index in [1.165, 1.54) is 5.56 Å². The average Bonchev–Trinajstić information content (AvgIpc) is 2.28. The largest absolute Gasteiger partial charge is 0.384 e. The van der Waals surface area contributed by atoms with Crippen molar-refractivity contribution in [2.24, 2.45) is 0 Å². The maximum absolute atomic E-state index is 10.5. The van der Waals surface area contributed by atoms with Crippen LogP contribution in [0, 0.1) is 27.7 Å². The second-order valence-corrected chi connectivity index (χ2v) is 4.89. The second-order valence-electron chi connectivity index (χ2n) is 4.89. The molecule has 1 heterocycles. The van der Waals surface area contributed by atoms with Gasteiger partial charge in [0, 0.05) is 17.0 Å². The second kappa shape index (κ2) is 4.91. The van der Waals surface area contributed by atoms with Gasteiger partial charge in [0.15, 0.2) is 0 Å². The van der Waals surface area contributed by atoms with Crippen LogP contribution in [-0.4, -0.2) is 10.1 Å². The molecule has 2 rings (SSSR count). The first-order chi connectivity index (χ1) is 8.49. The molecule has 0 saturated heterocycles. The number of pyridine rings is 1. The fraction of sp³-hybridized carbons (Fsp3) is 0.312. The highest BCUT2D eigenvalue weighted by Crippen LogP contribution is 2.27. The van der Waals surface area contributed by atoms with Gasteiger partial charge in [0.1, 0.15) is 6.10 Å². The zero-order valence-corrected chi connectivity index (χ0v) is 11.4. The molecule has 0 saturated carbocycles. The summed E-state index contributed by atoms with van der Waals surface area (Å²) >= 11 is 0. The van der Waals surface area contributed by atoms with Crippen LogP contribution in [-0.2, 0) is 0 Å². The summed E-state index contributed by atoms with van der Waals surface area (Å²) in [7, 11) is 0. The minimum absolute atomic E-state index is 0.598. The van der Waals surface area contributed by atoms with E-state index in [0.29, 0.717) is 0 Å². The van der Waals surface area contributed by atoms with Crippen LogP contribution in [0.2, 0.25) is 0 Å². The fourth-order valence-corrected chi connectivity index (χ4v) is 2.29. The molecule has 2 heteroatoms. The van der Waals surface area contributed by atoms with Gasteiger partial charge < -0.3 is 5.11 Å². The topological polar surface area (TPSA) is 33.1 Å². The molecule has 0 amide bonds. The van der Waals surface area contributed by atoms with Gasteiger partial charge in [-0.3, -0.25) is 4.98 Å². The number of aromatic nitrogens is 1. The van der Waals surface area contributed by atoms with E-state index in [4.69, 9.17) is 0 Å². The fourth-order valence-electron chi connectivity index (χ4n) is 2.29. The Kier molecular flexibility index (Phi) is 3.48. The molecule has 1 unspecified atom stereocenters. The molecule has 1 aromatic carbocycles. The highest BCUT2D eigenvalue weighted by molar-refractivity contribution is 5.38. The molecule has 0 aliphatic heterocycles. The van der Waals surface area contributed by atoms with Crippen LogP contribution in [0.5, 0.6) is 0 Å². The van der Waals surface area contributed by atoms with E-state index in [2.05, 4.69) is 18.0 Å². The number of aliphatic hydroxyl groups is 1. The lowest BCUT2D eigenvalue weighted by molar-refractivity contribution is 0.218. The maximum Gasteiger partial charge on any atom is 0.106 e. The van der Waals surface area contributed by atoms with E-state index in [9.17, 15) is 5.11 Å². The Morgan fingerprint density at radius 1 is 0.944 bits per heavy atom. The third-order valence-corrected chi connectivity index (χ3v) is 3.28. The summed E-state index contributed by atoms with van der Waals surface area (Å²) in [6.45, 7) is 7.99. The van der Waals surface area contributed by atoms with Gasteiger partial charge >= 0.3 is 0 Å². The molecule has 0 aliphatic rings. The molecule has 2 aromatic rings. The molecule has 0 spiro atoms. The smallest absolute Gasteiger partial charge is 0.106 e. The molecule has 0 bridgehead atoms. The lowest BCUT2D eigenvalue weighted by atomic mass is 9.95. The van der Waals surface area contributed by atoms with Crippen LogP contribution < -0.4 is 0 Å². The quantitative estimate of drug-likeness (QED) is 0.874. The molecular weight excluding hydrogens is 222 g/mol. The minimum atomic E-state index is -0.598. The first-order valence-corrected chi connectivity index (χ1v) is 6.18. The van der Waals surface area contributed by atoms with Crippen LogP contribution in [0.25, 0.3) is 0 Å². The van der Waals surface area contributed by atoms with E-state index >= 15 is 0 Å². The molecule has 0 radical (unpaired) electrons. The van der Waals surface area contributed by atoms with Crippen LogP contribution in [0.1, 0.15) is 39.7 Å². The Bertz CT molecular complexity index is 524. The van der Waals surface area contributed by atoms with E-state index < -0.39 is 6.10 Å². The van der Waals surface area contributed by atoms with E-state index in [1.54, 1.807) is 0 Å². The van der Waals surface area contributed by atoms with Crippen LogP contribution in [0.15, 0.2) is 30.3 Å². The highest BCUT2D eigenvalue weighted by Gasteiger charge is 2.15. The molecule has 18 heavy (non-hydrogen) atoms. The lowest BCUT2D eigenvalue weighted by Gasteiger charge is -2.16. The first kappa shape index (κ1) is 12.8. The highest BCUT2D eigenvalue weighted by atomic mass is 16.3. The number of benzene rings is 1. The first-order valence-electron chi connectivity index (χ1n) is 6.18. The SMILES string of the molecule is Cc1ccc(C(O)c2ccc(C)nc2C)c(C)c1. The van der Waals surface area contributed by atoms with Crippen molar-refractivity contribution in [2.75, 3.05) is 0 Å². The third-order valence-electron chi connectivity index (χ3n) is 3.28. The summed E-state index contributed by atoms with van der Waals surface area (Å²) in [6.07, 6.45) is -0.598. The van der Waals surface area contributed by atoms with Crippen molar-refractivity contribution >= 4 is 0 Å². The maximum atomic E-state index is 10.5. The monoisotopic (exact) mass is 241 g/mol. The minimum Gasteiger partial charge on any atom is -0.384 e. The number of aliphatic hydroxyl groups excluding tert-OH is 1. The average molecular weight is 241 g/mol. The summed E-state index contributed by atoms with van der Waals surface area (Å²) in [5.41, 5.74) is 6.03. The van der Waals surface area contributed by atoms with Gasteiger partial charge in [0.25, 0.3) is 0 Å². The number of rotatable bonds is 2. The summed E-state index contributed by atoms with van der Waals surface area (Å²) in [4.78, 5) is 4.41. The molecule has 1 N–H and O–H groups in total. The summed E-state index contributed by atoms with van der Waals surface area (Å²) < 4.78 is 0. The molecule has 1 atom stereocenters. The summed E-state index contributed by atoms with van der Waals surface area (Å²) in [5, 5.41) is 10.5. The Hall–Kier alpha value is -1.67. The van der Waals surface area contributed by atoms with Gasteiger partial charge in [-0.2, -0.15) is 0 Å². The van der Waals surface area contributed by atoms with Crippen LogP contribution >= 0.6 is 0 Å². The van der Waals surface area contributed by atoms with Crippen molar-refractivity contribution in [3.8, 4) is 0 Å². The van der Waals surface area contributed by atoms with Crippen molar-refractivity contribution in [2.45, 2.75) is 33.8 Å². The van der Waals surface area contributed by atoms with Gasteiger partial charge in [-0.25, -0.2) is 0 Å². The molecule has 94 valence electrons. The van der Waals surface area contributed by atoms with Crippen LogP contribution in [0.3, 0.4) is 0 Å². The number of aryl methyl sites for hydroxylation is 4. The van der Waals surface area contributed by atoms with Crippen LogP contribution in [0.4, 0.5) is 0 Å². The zero-order chi connectivity index (χ0) is 13.3. The normalized spacial score (nSPS) is 12.5. The summed E-state index contributed by atoms with van der Waals surface area (Å²) in [5.74, 6) is 0. The standard InChI is InChI=1S/C16H19NO/c1-10-5-7-14(11(2)9-10)16(18)15-8-6-12(3)17-13(15)4/h5-9,16,18H,1-4H3. The Balaban J connectivity index is 2.44. The van der Waals surface area contributed by atoms with Gasteiger partial charge in [-0.05, 0) is 44.9 Å². The van der Waals surface area contributed by atoms with Gasteiger partial charge in [-0.15, -0.1) is 0 Å². The predicted octanol–water partition coefficient (Wildman–Crippen LogP) is 3.40. The molecule has 0 aliphatic carbocycles. The van der Waals surface area contributed by atoms with E-state index in [1.807, 2.05) is 45.0 Å².